The molecular formula is C13H19N7. The lowest BCUT2D eigenvalue weighted by Gasteiger charge is -2.39. The lowest BCUT2D eigenvalue weighted by Crippen LogP contribution is -2.48. The standard InChI is InChI=1S/C13H19N7/c1-9-5-10(2)19(15-9)12-6-18(7-12)8-13-14-16-17-20(13)11-3-4-11/h5,11-12H,3-4,6-8H2,1-2H3. The van der Waals surface area contributed by atoms with Gasteiger partial charge in [0, 0.05) is 18.8 Å². The van der Waals surface area contributed by atoms with Crippen molar-refractivity contribution in [3.05, 3.63) is 23.3 Å². The summed E-state index contributed by atoms with van der Waals surface area (Å²) in [4.78, 5) is 2.38. The Labute approximate surface area is 117 Å². The summed E-state index contributed by atoms with van der Waals surface area (Å²) >= 11 is 0. The molecule has 20 heavy (non-hydrogen) atoms. The van der Waals surface area contributed by atoms with Crippen molar-refractivity contribution >= 4 is 0 Å². The Bertz CT molecular complexity index is 618. The summed E-state index contributed by atoms with van der Waals surface area (Å²) in [5, 5.41) is 16.6. The molecule has 0 radical (unpaired) electrons. The van der Waals surface area contributed by atoms with Gasteiger partial charge in [0.2, 0.25) is 0 Å². The van der Waals surface area contributed by atoms with Gasteiger partial charge in [0.05, 0.1) is 24.3 Å². The highest BCUT2D eigenvalue weighted by Crippen LogP contribution is 2.35. The zero-order chi connectivity index (χ0) is 13.7. The van der Waals surface area contributed by atoms with Crippen molar-refractivity contribution in [3.63, 3.8) is 0 Å². The normalized spacial score (nSPS) is 20.3. The maximum Gasteiger partial charge on any atom is 0.165 e. The Kier molecular flexibility index (Phi) is 2.63. The second kappa shape index (κ2) is 4.37. The number of rotatable bonds is 4. The van der Waals surface area contributed by atoms with Gasteiger partial charge in [0.1, 0.15) is 0 Å². The van der Waals surface area contributed by atoms with Crippen molar-refractivity contribution in [2.24, 2.45) is 0 Å². The molecule has 2 aromatic rings. The van der Waals surface area contributed by atoms with Gasteiger partial charge in [-0.3, -0.25) is 9.58 Å². The van der Waals surface area contributed by atoms with E-state index >= 15 is 0 Å². The fourth-order valence-electron chi connectivity index (χ4n) is 2.96. The number of likely N-dealkylation sites (tertiary alicyclic amines) is 1. The molecule has 1 saturated heterocycles. The number of nitrogens with zero attached hydrogens (tertiary/aromatic N) is 7. The molecule has 0 N–H and O–H groups in total. The van der Waals surface area contributed by atoms with Crippen molar-refractivity contribution in [2.75, 3.05) is 13.1 Å². The Morgan fingerprint density at radius 2 is 1.95 bits per heavy atom. The zero-order valence-electron chi connectivity index (χ0n) is 11.9. The molecule has 0 bridgehead atoms. The summed E-state index contributed by atoms with van der Waals surface area (Å²) in [7, 11) is 0. The van der Waals surface area contributed by atoms with Crippen LogP contribution in [0.4, 0.5) is 0 Å². The number of hydrogen-bond donors (Lipinski definition) is 0. The van der Waals surface area contributed by atoms with Crippen molar-refractivity contribution in [1.29, 1.82) is 0 Å². The first-order valence-electron chi connectivity index (χ1n) is 7.22. The van der Waals surface area contributed by atoms with Crippen LogP contribution in [0.15, 0.2) is 6.07 Å². The number of aryl methyl sites for hydroxylation is 2. The van der Waals surface area contributed by atoms with Crippen LogP contribution >= 0.6 is 0 Å². The average molecular weight is 273 g/mol. The van der Waals surface area contributed by atoms with Crippen LogP contribution in [-0.4, -0.2) is 48.0 Å². The van der Waals surface area contributed by atoms with E-state index in [2.05, 4.69) is 43.2 Å². The monoisotopic (exact) mass is 273 g/mol. The molecule has 2 aliphatic rings. The minimum atomic E-state index is 0.494. The van der Waals surface area contributed by atoms with Gasteiger partial charge in [-0.2, -0.15) is 5.10 Å². The Morgan fingerprint density at radius 1 is 1.15 bits per heavy atom. The van der Waals surface area contributed by atoms with E-state index in [4.69, 9.17) is 0 Å². The van der Waals surface area contributed by atoms with Crippen LogP contribution in [0, 0.1) is 13.8 Å². The number of aromatic nitrogens is 6. The lowest BCUT2D eigenvalue weighted by atomic mass is 10.1. The van der Waals surface area contributed by atoms with Crippen LogP contribution in [0.25, 0.3) is 0 Å². The van der Waals surface area contributed by atoms with Gasteiger partial charge in [0.15, 0.2) is 5.82 Å². The van der Waals surface area contributed by atoms with Gasteiger partial charge < -0.3 is 0 Å². The molecule has 3 heterocycles. The molecule has 7 heteroatoms. The summed E-state index contributed by atoms with van der Waals surface area (Å²) in [5.74, 6) is 0.999. The molecule has 1 aliphatic heterocycles. The molecule has 4 rings (SSSR count). The van der Waals surface area contributed by atoms with Gasteiger partial charge in [0.25, 0.3) is 0 Å². The first-order valence-corrected chi connectivity index (χ1v) is 7.22. The first kappa shape index (κ1) is 12.0. The van der Waals surface area contributed by atoms with E-state index in [1.807, 2.05) is 11.6 Å². The first-order chi connectivity index (χ1) is 9.70. The fraction of sp³-hybridized carbons (Fsp3) is 0.692. The van der Waals surface area contributed by atoms with E-state index in [0.29, 0.717) is 12.1 Å². The van der Waals surface area contributed by atoms with Gasteiger partial charge in [-0.15, -0.1) is 5.10 Å². The van der Waals surface area contributed by atoms with Gasteiger partial charge in [-0.25, -0.2) is 4.68 Å². The van der Waals surface area contributed by atoms with Gasteiger partial charge in [-0.1, -0.05) is 0 Å². The SMILES string of the molecule is Cc1cc(C)n(C2CN(Cc3nnnn3C3CC3)C2)n1. The van der Waals surface area contributed by atoms with E-state index < -0.39 is 0 Å². The molecule has 0 unspecified atom stereocenters. The van der Waals surface area contributed by atoms with Crippen molar-refractivity contribution < 1.29 is 0 Å². The quantitative estimate of drug-likeness (QED) is 0.827. The summed E-state index contributed by atoms with van der Waals surface area (Å²) in [5.41, 5.74) is 2.34. The average Bonchev–Trinajstić information content (AvgIpc) is 3.01. The van der Waals surface area contributed by atoms with Crippen LogP contribution < -0.4 is 0 Å². The van der Waals surface area contributed by atoms with Crippen molar-refractivity contribution in [1.82, 2.24) is 34.9 Å². The highest BCUT2D eigenvalue weighted by molar-refractivity contribution is 5.09. The Balaban J connectivity index is 1.39. The molecular weight excluding hydrogens is 254 g/mol. The second-order valence-electron chi connectivity index (χ2n) is 5.99. The van der Waals surface area contributed by atoms with E-state index in [9.17, 15) is 0 Å². The number of tetrazole rings is 1. The van der Waals surface area contributed by atoms with Crippen LogP contribution in [0.3, 0.4) is 0 Å². The predicted octanol–water partition coefficient (Wildman–Crippen LogP) is 0.878. The Morgan fingerprint density at radius 3 is 2.60 bits per heavy atom. The summed E-state index contributed by atoms with van der Waals surface area (Å²) in [6.07, 6.45) is 2.43. The number of hydrogen-bond acceptors (Lipinski definition) is 5. The van der Waals surface area contributed by atoms with Crippen molar-refractivity contribution in [2.45, 2.75) is 45.3 Å². The van der Waals surface area contributed by atoms with Crippen LogP contribution in [0.1, 0.15) is 42.1 Å². The lowest BCUT2D eigenvalue weighted by molar-refractivity contribution is 0.0848. The molecule has 106 valence electrons. The molecule has 2 fully saturated rings. The van der Waals surface area contributed by atoms with Crippen LogP contribution in [0.5, 0.6) is 0 Å². The van der Waals surface area contributed by atoms with Gasteiger partial charge in [-0.05, 0) is 43.2 Å². The largest absolute Gasteiger partial charge is 0.292 e. The van der Waals surface area contributed by atoms with Crippen LogP contribution in [0.2, 0.25) is 0 Å². The third-order valence-electron chi connectivity index (χ3n) is 4.15. The Hall–Kier alpha value is -1.76. The summed E-state index contributed by atoms with van der Waals surface area (Å²) in [6.45, 7) is 7.07. The minimum absolute atomic E-state index is 0.494. The van der Waals surface area contributed by atoms with E-state index in [1.54, 1.807) is 0 Å². The molecule has 0 atom stereocenters. The predicted molar refractivity (Wildman–Crippen MR) is 72.1 cm³/mol. The summed E-state index contributed by atoms with van der Waals surface area (Å²) in [6, 6.07) is 3.18. The smallest absolute Gasteiger partial charge is 0.165 e. The second-order valence-corrected chi connectivity index (χ2v) is 5.99. The molecule has 1 saturated carbocycles. The van der Waals surface area contributed by atoms with Gasteiger partial charge >= 0.3 is 0 Å². The molecule has 7 nitrogen and oxygen atoms in total. The highest BCUT2D eigenvalue weighted by atomic mass is 15.6. The van der Waals surface area contributed by atoms with Crippen LogP contribution in [-0.2, 0) is 6.54 Å². The van der Waals surface area contributed by atoms with Crippen molar-refractivity contribution in [3.8, 4) is 0 Å². The third-order valence-corrected chi connectivity index (χ3v) is 4.15. The van der Waals surface area contributed by atoms with E-state index in [1.165, 1.54) is 18.5 Å². The summed E-state index contributed by atoms with van der Waals surface area (Å²) < 4.78 is 4.15. The molecule has 1 aliphatic carbocycles. The topological polar surface area (TPSA) is 64.7 Å². The molecule has 0 amide bonds. The molecule has 0 aromatic carbocycles. The maximum absolute atomic E-state index is 4.56. The molecule has 2 aromatic heterocycles. The fourth-order valence-corrected chi connectivity index (χ4v) is 2.96. The zero-order valence-corrected chi connectivity index (χ0v) is 11.9. The molecule has 0 spiro atoms. The van der Waals surface area contributed by atoms with E-state index in [0.717, 1.165) is 31.2 Å². The maximum atomic E-state index is 4.56. The third kappa shape index (κ3) is 2.02. The highest BCUT2D eigenvalue weighted by Gasteiger charge is 2.33. The minimum Gasteiger partial charge on any atom is -0.292 e. The van der Waals surface area contributed by atoms with E-state index in [-0.39, 0.29) is 0 Å².